The molecule has 1 heterocycles. The molecule has 3 nitrogen and oxygen atoms in total. The van der Waals surface area contributed by atoms with Gasteiger partial charge in [0, 0.05) is 17.5 Å². The first-order valence-electron chi connectivity index (χ1n) is 8.49. The van der Waals surface area contributed by atoms with Gasteiger partial charge < -0.3 is 14.8 Å². The lowest BCUT2D eigenvalue weighted by atomic mass is 9.86. The van der Waals surface area contributed by atoms with Gasteiger partial charge in [0.05, 0.1) is 19.8 Å². The number of piperidine rings is 1. The molecule has 0 radical (unpaired) electrons. The first-order chi connectivity index (χ1) is 12.1. The highest BCUT2D eigenvalue weighted by Gasteiger charge is 2.28. The van der Waals surface area contributed by atoms with Gasteiger partial charge in [-0.25, -0.2) is 4.39 Å². The Morgan fingerprint density at radius 1 is 1.24 bits per heavy atom. The van der Waals surface area contributed by atoms with Gasteiger partial charge in [-0.1, -0.05) is 17.7 Å². The highest BCUT2D eigenvalue weighted by molar-refractivity contribution is 6.31. The van der Waals surface area contributed by atoms with E-state index in [1.807, 2.05) is 31.2 Å². The van der Waals surface area contributed by atoms with Crippen LogP contribution in [-0.2, 0) is 11.3 Å². The summed E-state index contributed by atoms with van der Waals surface area (Å²) in [4.78, 5) is 0. The molecule has 0 aliphatic carbocycles. The topological polar surface area (TPSA) is 30.5 Å². The van der Waals surface area contributed by atoms with E-state index in [1.165, 1.54) is 6.07 Å². The number of ether oxygens (including phenoxy) is 2. The monoisotopic (exact) mass is 363 g/mol. The molecule has 134 valence electrons. The molecule has 2 aromatic carbocycles. The van der Waals surface area contributed by atoms with E-state index in [0.717, 1.165) is 42.0 Å². The molecule has 2 atom stereocenters. The van der Waals surface area contributed by atoms with Gasteiger partial charge in [0.15, 0.2) is 0 Å². The van der Waals surface area contributed by atoms with Crippen molar-refractivity contribution in [3.05, 3.63) is 63.9 Å². The van der Waals surface area contributed by atoms with E-state index >= 15 is 0 Å². The second kappa shape index (κ2) is 8.17. The fourth-order valence-corrected chi connectivity index (χ4v) is 3.56. The molecular formula is C20H23ClFNO2. The maximum atomic E-state index is 13.4. The zero-order chi connectivity index (χ0) is 17.8. The predicted octanol–water partition coefficient (Wildman–Crippen LogP) is 4.46. The van der Waals surface area contributed by atoms with Crippen LogP contribution >= 0.6 is 11.6 Å². The summed E-state index contributed by atoms with van der Waals surface area (Å²) in [6.07, 6.45) is 0.968. The molecule has 0 bridgehead atoms. The lowest BCUT2D eigenvalue weighted by Gasteiger charge is -2.33. The molecule has 25 heavy (non-hydrogen) atoms. The van der Waals surface area contributed by atoms with Crippen LogP contribution in [0.15, 0.2) is 36.4 Å². The van der Waals surface area contributed by atoms with Crippen molar-refractivity contribution < 1.29 is 13.9 Å². The molecule has 1 saturated heterocycles. The Kier molecular flexibility index (Phi) is 5.94. The Bertz CT molecular complexity index is 738. The Labute approximate surface area is 153 Å². The molecular weight excluding hydrogens is 341 g/mol. The molecule has 1 aliphatic heterocycles. The zero-order valence-electron chi connectivity index (χ0n) is 14.5. The highest BCUT2D eigenvalue weighted by atomic mass is 35.5. The number of methoxy groups -OCH3 is 1. The Balaban J connectivity index is 1.75. The van der Waals surface area contributed by atoms with Crippen LogP contribution in [0.5, 0.6) is 5.75 Å². The lowest BCUT2D eigenvalue weighted by Crippen LogP contribution is -2.40. The standard InChI is InChI=1S/C20H23ClFNO2/c1-13-9-15(22)3-5-17(13)18-11-23-8-7-20(18)25-12-14-10-16(24-2)4-6-19(14)21/h3-6,9-10,18,20,23H,7-8,11-12H2,1-2H3. The average Bonchev–Trinajstić information content (AvgIpc) is 2.61. The summed E-state index contributed by atoms with van der Waals surface area (Å²) >= 11 is 6.28. The summed E-state index contributed by atoms with van der Waals surface area (Å²) in [5.41, 5.74) is 3.01. The molecule has 0 amide bonds. The molecule has 0 aromatic heterocycles. The Hall–Kier alpha value is -1.62. The van der Waals surface area contributed by atoms with Crippen LogP contribution in [0, 0.1) is 12.7 Å². The molecule has 5 heteroatoms. The van der Waals surface area contributed by atoms with Crippen LogP contribution in [0.1, 0.15) is 29.0 Å². The van der Waals surface area contributed by atoms with Crippen molar-refractivity contribution in [2.75, 3.05) is 20.2 Å². The van der Waals surface area contributed by atoms with E-state index in [9.17, 15) is 4.39 Å². The highest BCUT2D eigenvalue weighted by Crippen LogP contribution is 2.31. The van der Waals surface area contributed by atoms with E-state index in [0.29, 0.717) is 11.6 Å². The molecule has 0 saturated carbocycles. The number of benzene rings is 2. The Morgan fingerprint density at radius 3 is 2.84 bits per heavy atom. The van der Waals surface area contributed by atoms with E-state index in [1.54, 1.807) is 13.2 Å². The maximum absolute atomic E-state index is 13.4. The van der Waals surface area contributed by atoms with E-state index in [-0.39, 0.29) is 17.8 Å². The normalized spacial score (nSPS) is 20.5. The average molecular weight is 364 g/mol. The Morgan fingerprint density at radius 2 is 2.08 bits per heavy atom. The molecule has 0 spiro atoms. The minimum atomic E-state index is -0.203. The first-order valence-corrected chi connectivity index (χ1v) is 8.87. The second-order valence-corrected chi connectivity index (χ2v) is 6.81. The third kappa shape index (κ3) is 4.32. The summed E-state index contributed by atoms with van der Waals surface area (Å²) in [5, 5.41) is 4.08. The fourth-order valence-electron chi connectivity index (χ4n) is 3.38. The number of rotatable bonds is 5. The van der Waals surface area contributed by atoms with Gasteiger partial charge in [-0.2, -0.15) is 0 Å². The third-order valence-electron chi connectivity index (χ3n) is 4.76. The molecule has 1 fully saturated rings. The zero-order valence-corrected chi connectivity index (χ0v) is 15.3. The van der Waals surface area contributed by atoms with Gasteiger partial charge in [0.1, 0.15) is 11.6 Å². The maximum Gasteiger partial charge on any atom is 0.123 e. The van der Waals surface area contributed by atoms with Crippen molar-refractivity contribution in [2.24, 2.45) is 0 Å². The van der Waals surface area contributed by atoms with Crippen LogP contribution < -0.4 is 10.1 Å². The van der Waals surface area contributed by atoms with E-state index in [2.05, 4.69) is 5.32 Å². The number of aryl methyl sites for hydroxylation is 1. The van der Waals surface area contributed by atoms with Gasteiger partial charge in [-0.05, 0) is 66.9 Å². The lowest BCUT2D eigenvalue weighted by molar-refractivity contribution is 0.00675. The predicted molar refractivity (Wildman–Crippen MR) is 97.9 cm³/mol. The van der Waals surface area contributed by atoms with Crippen molar-refractivity contribution in [3.63, 3.8) is 0 Å². The van der Waals surface area contributed by atoms with Crippen molar-refractivity contribution >= 4 is 11.6 Å². The fraction of sp³-hybridized carbons (Fsp3) is 0.400. The van der Waals surface area contributed by atoms with Crippen molar-refractivity contribution in [1.82, 2.24) is 5.32 Å². The van der Waals surface area contributed by atoms with Crippen molar-refractivity contribution in [1.29, 1.82) is 0 Å². The second-order valence-electron chi connectivity index (χ2n) is 6.41. The number of hydrogen-bond donors (Lipinski definition) is 1. The van der Waals surface area contributed by atoms with E-state index in [4.69, 9.17) is 21.1 Å². The molecule has 2 unspecified atom stereocenters. The number of halogens is 2. The van der Waals surface area contributed by atoms with Gasteiger partial charge >= 0.3 is 0 Å². The number of hydrogen-bond acceptors (Lipinski definition) is 3. The van der Waals surface area contributed by atoms with Crippen LogP contribution in [0.3, 0.4) is 0 Å². The minimum Gasteiger partial charge on any atom is -0.497 e. The molecule has 3 rings (SSSR count). The summed E-state index contributed by atoms with van der Waals surface area (Å²) in [7, 11) is 1.63. The largest absolute Gasteiger partial charge is 0.497 e. The molecule has 1 N–H and O–H groups in total. The van der Waals surface area contributed by atoms with Crippen LogP contribution in [0.25, 0.3) is 0 Å². The quantitative estimate of drug-likeness (QED) is 0.850. The summed E-state index contributed by atoms with van der Waals surface area (Å²) in [5.74, 6) is 0.753. The van der Waals surface area contributed by atoms with Gasteiger partial charge in [-0.15, -0.1) is 0 Å². The van der Waals surface area contributed by atoms with Crippen LogP contribution in [-0.4, -0.2) is 26.3 Å². The van der Waals surface area contributed by atoms with Crippen LogP contribution in [0.2, 0.25) is 5.02 Å². The summed E-state index contributed by atoms with van der Waals surface area (Å²) < 4.78 is 24.9. The summed E-state index contributed by atoms with van der Waals surface area (Å²) in [6, 6.07) is 10.5. The summed E-state index contributed by atoms with van der Waals surface area (Å²) in [6.45, 7) is 4.11. The third-order valence-corrected chi connectivity index (χ3v) is 5.12. The number of nitrogens with one attached hydrogen (secondary N) is 1. The van der Waals surface area contributed by atoms with Gasteiger partial charge in [0.2, 0.25) is 0 Å². The van der Waals surface area contributed by atoms with E-state index < -0.39 is 0 Å². The molecule has 2 aromatic rings. The SMILES string of the molecule is COc1ccc(Cl)c(COC2CCNCC2c2ccc(F)cc2C)c1. The van der Waals surface area contributed by atoms with Crippen molar-refractivity contribution in [3.8, 4) is 5.75 Å². The minimum absolute atomic E-state index is 0.0627. The van der Waals surface area contributed by atoms with Crippen LogP contribution in [0.4, 0.5) is 4.39 Å². The van der Waals surface area contributed by atoms with Gasteiger partial charge in [0.25, 0.3) is 0 Å². The molecule has 1 aliphatic rings. The first kappa shape index (κ1) is 18.2. The smallest absolute Gasteiger partial charge is 0.123 e. The van der Waals surface area contributed by atoms with Crippen molar-refractivity contribution in [2.45, 2.75) is 32.0 Å². The van der Waals surface area contributed by atoms with Gasteiger partial charge in [-0.3, -0.25) is 0 Å².